The van der Waals surface area contributed by atoms with Crippen LogP contribution in [0.4, 0.5) is 5.69 Å². The third kappa shape index (κ3) is 2.51. The Balaban J connectivity index is 2.49. The van der Waals surface area contributed by atoms with Crippen molar-refractivity contribution in [2.24, 2.45) is 5.92 Å². The number of nitrogens with zero attached hydrogens (tertiary/aromatic N) is 1. The average Bonchev–Trinajstić information content (AvgIpc) is 2.50. The highest BCUT2D eigenvalue weighted by Crippen LogP contribution is 2.30. The molecule has 7 heteroatoms. The Morgan fingerprint density at radius 3 is 2.61 bits per heavy atom. The summed E-state index contributed by atoms with van der Waals surface area (Å²) in [6.45, 7) is 2.24. The van der Waals surface area contributed by atoms with E-state index in [9.17, 15) is 13.2 Å². The van der Waals surface area contributed by atoms with Gasteiger partial charge in [0.1, 0.15) is 0 Å². The lowest BCUT2D eigenvalue weighted by atomic mass is 10.2. The highest BCUT2D eigenvalue weighted by Gasteiger charge is 2.34. The fourth-order valence-corrected chi connectivity index (χ4v) is 4.40. The van der Waals surface area contributed by atoms with Crippen molar-refractivity contribution in [1.29, 1.82) is 0 Å². The van der Waals surface area contributed by atoms with Gasteiger partial charge < -0.3 is 5.11 Å². The predicted octanol–water partition coefficient (Wildman–Crippen LogP) is 1.93. The van der Waals surface area contributed by atoms with Crippen molar-refractivity contribution in [3.8, 4) is 0 Å². The maximum atomic E-state index is 11.9. The zero-order chi connectivity index (χ0) is 13.5. The molecule has 98 valence electrons. The largest absolute Gasteiger partial charge is 0.478 e. The van der Waals surface area contributed by atoms with E-state index in [1.165, 1.54) is 16.4 Å². The Morgan fingerprint density at radius 1 is 1.44 bits per heavy atom. The van der Waals surface area contributed by atoms with Crippen molar-refractivity contribution in [2.45, 2.75) is 6.92 Å². The third-order valence-electron chi connectivity index (χ3n) is 2.73. The molecular formula is C11H12BrNO4S. The van der Waals surface area contributed by atoms with Crippen molar-refractivity contribution >= 4 is 37.6 Å². The first-order chi connectivity index (χ1) is 8.29. The van der Waals surface area contributed by atoms with Gasteiger partial charge in [0.25, 0.3) is 0 Å². The number of hydrogen-bond donors (Lipinski definition) is 1. The van der Waals surface area contributed by atoms with Gasteiger partial charge in [-0.1, -0.05) is 22.9 Å². The lowest BCUT2D eigenvalue weighted by Gasteiger charge is -2.18. The number of carboxylic acid groups (broad SMARTS) is 1. The first-order valence-electron chi connectivity index (χ1n) is 5.34. The maximum Gasteiger partial charge on any atom is 0.335 e. The van der Waals surface area contributed by atoms with Crippen molar-refractivity contribution in [2.75, 3.05) is 16.6 Å². The maximum absolute atomic E-state index is 11.9. The van der Waals surface area contributed by atoms with Gasteiger partial charge in [0.15, 0.2) is 0 Å². The van der Waals surface area contributed by atoms with Gasteiger partial charge in [0.2, 0.25) is 10.0 Å². The summed E-state index contributed by atoms with van der Waals surface area (Å²) in [5.41, 5.74) is 0.459. The van der Waals surface area contributed by atoms with Gasteiger partial charge in [-0.25, -0.2) is 13.2 Å². The van der Waals surface area contributed by atoms with Gasteiger partial charge >= 0.3 is 5.97 Å². The van der Waals surface area contributed by atoms with Crippen LogP contribution in [0.5, 0.6) is 0 Å². The van der Waals surface area contributed by atoms with E-state index in [0.29, 0.717) is 16.7 Å². The summed E-state index contributed by atoms with van der Waals surface area (Å²) in [7, 11) is -3.33. The number of anilines is 1. The number of halogens is 1. The van der Waals surface area contributed by atoms with E-state index in [-0.39, 0.29) is 17.2 Å². The van der Waals surface area contributed by atoms with Crippen LogP contribution < -0.4 is 4.31 Å². The minimum atomic E-state index is -3.33. The summed E-state index contributed by atoms with van der Waals surface area (Å²) < 4.78 is 25.7. The first kappa shape index (κ1) is 13.4. The summed E-state index contributed by atoms with van der Waals surface area (Å²) in [6, 6.07) is 4.43. The molecule has 5 nitrogen and oxygen atoms in total. The molecule has 1 aliphatic heterocycles. The molecule has 1 atom stereocenters. The standard InChI is InChI=1S/C11H12BrNO4S/c1-7-5-13(18(16,17)6-7)10-3-8(11(14)15)2-9(12)4-10/h2-4,7H,5-6H2,1H3,(H,14,15). The molecule has 1 aromatic rings. The highest BCUT2D eigenvalue weighted by atomic mass is 79.9. The fraction of sp³-hybridized carbons (Fsp3) is 0.364. The Morgan fingerprint density at radius 2 is 2.11 bits per heavy atom. The zero-order valence-electron chi connectivity index (χ0n) is 9.63. The molecule has 0 bridgehead atoms. The van der Waals surface area contributed by atoms with Crippen molar-refractivity contribution in [3.63, 3.8) is 0 Å². The smallest absolute Gasteiger partial charge is 0.335 e. The molecule has 0 spiro atoms. The fourth-order valence-electron chi connectivity index (χ4n) is 2.01. The molecular weight excluding hydrogens is 322 g/mol. The molecule has 1 aromatic carbocycles. The molecule has 0 saturated carbocycles. The first-order valence-corrected chi connectivity index (χ1v) is 7.74. The minimum Gasteiger partial charge on any atom is -0.478 e. The Kier molecular flexibility index (Phi) is 3.37. The van der Waals surface area contributed by atoms with E-state index in [2.05, 4.69) is 15.9 Å². The number of sulfonamides is 1. The van der Waals surface area contributed by atoms with E-state index >= 15 is 0 Å². The Bertz CT molecular complexity index is 599. The molecule has 0 amide bonds. The van der Waals surface area contributed by atoms with Crippen molar-refractivity contribution < 1.29 is 18.3 Å². The minimum absolute atomic E-state index is 0.0438. The second-order valence-electron chi connectivity index (χ2n) is 4.42. The zero-order valence-corrected chi connectivity index (χ0v) is 12.0. The van der Waals surface area contributed by atoms with Gasteiger partial charge in [0, 0.05) is 11.0 Å². The number of benzene rings is 1. The summed E-state index contributed by atoms with van der Waals surface area (Å²) in [5, 5.41) is 8.97. The van der Waals surface area contributed by atoms with E-state index in [0.717, 1.165) is 0 Å². The second-order valence-corrected chi connectivity index (χ2v) is 7.27. The van der Waals surface area contributed by atoms with Crippen LogP contribution >= 0.6 is 15.9 Å². The van der Waals surface area contributed by atoms with E-state index in [1.54, 1.807) is 6.07 Å². The van der Waals surface area contributed by atoms with Crippen LogP contribution in [0.2, 0.25) is 0 Å². The van der Waals surface area contributed by atoms with Gasteiger partial charge in [-0.2, -0.15) is 0 Å². The molecule has 1 unspecified atom stereocenters. The van der Waals surface area contributed by atoms with Gasteiger partial charge in [0.05, 0.1) is 17.0 Å². The van der Waals surface area contributed by atoms with Crippen LogP contribution in [-0.2, 0) is 10.0 Å². The number of aromatic carboxylic acids is 1. The molecule has 1 aliphatic rings. The summed E-state index contributed by atoms with van der Waals surface area (Å²) >= 11 is 3.20. The van der Waals surface area contributed by atoms with Crippen molar-refractivity contribution in [1.82, 2.24) is 0 Å². The number of carbonyl (C=O) groups is 1. The van der Waals surface area contributed by atoms with E-state index in [4.69, 9.17) is 5.11 Å². The van der Waals surface area contributed by atoms with Crippen LogP contribution in [0.1, 0.15) is 17.3 Å². The third-order valence-corrected chi connectivity index (χ3v) is 5.21. The van der Waals surface area contributed by atoms with E-state index < -0.39 is 16.0 Å². The molecule has 1 heterocycles. The van der Waals surface area contributed by atoms with Gasteiger partial charge in [-0.05, 0) is 24.1 Å². The number of carboxylic acids is 1. The molecule has 2 rings (SSSR count). The Labute approximate surface area is 114 Å². The molecule has 18 heavy (non-hydrogen) atoms. The SMILES string of the molecule is CC1CN(c2cc(Br)cc(C(=O)O)c2)S(=O)(=O)C1. The molecule has 1 saturated heterocycles. The molecule has 0 radical (unpaired) electrons. The summed E-state index contributed by atoms with van der Waals surface area (Å²) in [4.78, 5) is 11.0. The second kappa shape index (κ2) is 4.55. The topological polar surface area (TPSA) is 74.7 Å². The monoisotopic (exact) mass is 333 g/mol. The Hall–Kier alpha value is -1.08. The molecule has 0 aliphatic carbocycles. The molecule has 1 fully saturated rings. The number of rotatable bonds is 2. The lowest BCUT2D eigenvalue weighted by Crippen LogP contribution is -2.25. The van der Waals surface area contributed by atoms with Gasteiger partial charge in [-0.15, -0.1) is 0 Å². The van der Waals surface area contributed by atoms with Crippen LogP contribution in [0.15, 0.2) is 22.7 Å². The van der Waals surface area contributed by atoms with Crippen LogP contribution in [0.25, 0.3) is 0 Å². The van der Waals surface area contributed by atoms with Crippen LogP contribution in [-0.4, -0.2) is 31.8 Å². The average molecular weight is 334 g/mol. The van der Waals surface area contributed by atoms with Gasteiger partial charge in [-0.3, -0.25) is 4.31 Å². The van der Waals surface area contributed by atoms with Crippen molar-refractivity contribution in [3.05, 3.63) is 28.2 Å². The van der Waals surface area contributed by atoms with E-state index in [1.807, 2.05) is 6.92 Å². The highest BCUT2D eigenvalue weighted by molar-refractivity contribution is 9.10. The quantitative estimate of drug-likeness (QED) is 0.897. The van der Waals surface area contributed by atoms with Crippen LogP contribution in [0, 0.1) is 5.92 Å². The predicted molar refractivity (Wildman–Crippen MR) is 71.4 cm³/mol. The lowest BCUT2D eigenvalue weighted by molar-refractivity contribution is 0.0697. The number of hydrogen-bond acceptors (Lipinski definition) is 3. The normalized spacial score (nSPS) is 22.1. The summed E-state index contributed by atoms with van der Waals surface area (Å²) in [6.07, 6.45) is 0. The molecule has 1 N–H and O–H groups in total. The van der Waals surface area contributed by atoms with Crippen LogP contribution in [0.3, 0.4) is 0 Å². The summed E-state index contributed by atoms with van der Waals surface area (Å²) in [5.74, 6) is -0.938. The molecule has 0 aromatic heterocycles.